The van der Waals surface area contributed by atoms with Gasteiger partial charge in [0, 0.05) is 27.4 Å². The number of carbonyl (C=O) groups is 1. The van der Waals surface area contributed by atoms with Crippen LogP contribution in [-0.4, -0.2) is 15.9 Å². The van der Waals surface area contributed by atoms with Crippen LogP contribution in [0.15, 0.2) is 41.9 Å². The molecule has 0 bridgehead atoms. The van der Waals surface area contributed by atoms with E-state index in [-0.39, 0.29) is 18.1 Å². The molecule has 0 aliphatic heterocycles. The Morgan fingerprint density at radius 1 is 1.32 bits per heavy atom. The van der Waals surface area contributed by atoms with E-state index in [1.54, 1.807) is 23.6 Å². The number of carbonyl (C=O) groups excluding carboxylic acids is 1. The predicted molar refractivity (Wildman–Crippen MR) is 101 cm³/mol. The molecule has 1 amide bonds. The third-order valence-corrected chi connectivity index (χ3v) is 5.60. The second-order valence-corrected chi connectivity index (χ2v) is 7.82. The first kappa shape index (κ1) is 16.0. The molecule has 0 radical (unpaired) electrons. The Labute approximate surface area is 151 Å². The van der Waals surface area contributed by atoms with E-state index in [4.69, 9.17) is 0 Å². The van der Waals surface area contributed by atoms with Crippen molar-refractivity contribution in [2.75, 3.05) is 5.32 Å². The molecule has 4 nitrogen and oxygen atoms in total. The monoisotopic (exact) mass is 371 g/mol. The van der Waals surface area contributed by atoms with Gasteiger partial charge >= 0.3 is 0 Å². The van der Waals surface area contributed by atoms with Crippen molar-refractivity contribution in [3.05, 3.63) is 58.2 Å². The zero-order valence-electron chi connectivity index (χ0n) is 13.3. The van der Waals surface area contributed by atoms with Gasteiger partial charge in [-0.3, -0.25) is 4.79 Å². The molecule has 2 N–H and O–H groups in total. The lowest BCUT2D eigenvalue weighted by molar-refractivity contribution is -0.115. The fourth-order valence-electron chi connectivity index (χ4n) is 2.65. The van der Waals surface area contributed by atoms with Crippen LogP contribution < -0.4 is 5.32 Å². The number of H-pyrrole nitrogens is 1. The Kier molecular flexibility index (Phi) is 4.10. The summed E-state index contributed by atoms with van der Waals surface area (Å²) in [6.45, 7) is 2.05. The Morgan fingerprint density at radius 2 is 2.20 bits per heavy atom. The average Bonchev–Trinajstić information content (AvgIpc) is 3.28. The van der Waals surface area contributed by atoms with Gasteiger partial charge in [-0.2, -0.15) is 0 Å². The number of thiophene rings is 1. The summed E-state index contributed by atoms with van der Waals surface area (Å²) in [7, 11) is 0. The molecule has 0 atom stereocenters. The fourth-order valence-corrected chi connectivity index (χ4v) is 4.28. The Balaban J connectivity index is 1.48. The summed E-state index contributed by atoms with van der Waals surface area (Å²) in [5.74, 6) is -0.488. The van der Waals surface area contributed by atoms with Gasteiger partial charge in [-0.1, -0.05) is 0 Å². The number of amides is 1. The van der Waals surface area contributed by atoms with Gasteiger partial charge in [0.25, 0.3) is 0 Å². The quantitative estimate of drug-likeness (QED) is 0.531. The van der Waals surface area contributed by atoms with Crippen molar-refractivity contribution in [1.29, 1.82) is 0 Å². The molecule has 0 saturated heterocycles. The zero-order chi connectivity index (χ0) is 17.4. The van der Waals surface area contributed by atoms with E-state index in [1.807, 2.05) is 24.4 Å². The smallest absolute Gasteiger partial charge is 0.230 e. The number of rotatable bonds is 4. The largest absolute Gasteiger partial charge is 0.361 e. The van der Waals surface area contributed by atoms with E-state index < -0.39 is 0 Å². The number of aryl methyl sites for hydroxylation is 1. The molecule has 0 aliphatic carbocycles. The zero-order valence-corrected chi connectivity index (χ0v) is 14.9. The molecule has 0 spiro atoms. The molecular weight excluding hydrogens is 357 g/mol. The van der Waals surface area contributed by atoms with Crippen LogP contribution in [0.3, 0.4) is 0 Å². The summed E-state index contributed by atoms with van der Waals surface area (Å²) in [6, 6.07) is 8.58. The lowest BCUT2D eigenvalue weighted by atomic mass is 10.1. The molecule has 4 aromatic rings. The summed E-state index contributed by atoms with van der Waals surface area (Å²) in [5.41, 5.74) is 2.44. The average molecular weight is 371 g/mol. The van der Waals surface area contributed by atoms with E-state index >= 15 is 0 Å². The van der Waals surface area contributed by atoms with Gasteiger partial charge in [-0.25, -0.2) is 9.37 Å². The molecule has 7 heteroatoms. The van der Waals surface area contributed by atoms with Crippen LogP contribution in [0.2, 0.25) is 0 Å². The maximum Gasteiger partial charge on any atom is 0.230 e. The Bertz CT molecular complexity index is 1060. The van der Waals surface area contributed by atoms with Crippen LogP contribution in [0.1, 0.15) is 10.4 Å². The molecule has 3 aromatic heterocycles. The summed E-state index contributed by atoms with van der Waals surface area (Å²) in [5, 5.41) is 6.05. The minimum absolute atomic E-state index is 0.163. The summed E-state index contributed by atoms with van der Waals surface area (Å²) >= 11 is 3.07. The van der Waals surface area contributed by atoms with Gasteiger partial charge in [0.1, 0.15) is 5.82 Å². The number of nitrogens with one attached hydrogen (secondary N) is 2. The minimum Gasteiger partial charge on any atom is -0.361 e. The van der Waals surface area contributed by atoms with Gasteiger partial charge in [-0.15, -0.1) is 22.7 Å². The van der Waals surface area contributed by atoms with Crippen LogP contribution >= 0.6 is 22.7 Å². The van der Waals surface area contributed by atoms with Crippen molar-refractivity contribution in [3.63, 3.8) is 0 Å². The van der Waals surface area contributed by atoms with Crippen molar-refractivity contribution in [2.24, 2.45) is 0 Å². The molecular formula is C18H14FN3OS2. The van der Waals surface area contributed by atoms with Gasteiger partial charge in [-0.05, 0) is 42.8 Å². The fraction of sp³-hybridized carbons (Fsp3) is 0.111. The molecule has 0 unspecified atom stereocenters. The summed E-state index contributed by atoms with van der Waals surface area (Å²) < 4.78 is 13.4. The highest BCUT2D eigenvalue weighted by Crippen LogP contribution is 2.30. The lowest BCUT2D eigenvalue weighted by Gasteiger charge is -2.01. The second kappa shape index (κ2) is 6.42. The van der Waals surface area contributed by atoms with Gasteiger partial charge in [0.05, 0.1) is 17.0 Å². The molecule has 1 aromatic carbocycles. The maximum atomic E-state index is 13.4. The van der Waals surface area contributed by atoms with Crippen molar-refractivity contribution in [2.45, 2.75) is 13.3 Å². The first-order valence-corrected chi connectivity index (χ1v) is 9.36. The predicted octanol–water partition coefficient (Wildman–Crippen LogP) is 4.98. The number of anilines is 1. The maximum absolute atomic E-state index is 13.4. The molecule has 0 fully saturated rings. The SMILES string of the molecule is Cc1ccc(-c2csc(NC(=O)Cc3c[nH]c4ccc(F)cc34)n2)s1. The molecule has 126 valence electrons. The van der Waals surface area contributed by atoms with E-state index in [1.165, 1.54) is 28.3 Å². The first-order valence-electron chi connectivity index (χ1n) is 7.66. The van der Waals surface area contributed by atoms with Crippen LogP contribution in [-0.2, 0) is 11.2 Å². The van der Waals surface area contributed by atoms with Crippen LogP contribution in [0.25, 0.3) is 21.5 Å². The van der Waals surface area contributed by atoms with Crippen molar-refractivity contribution < 1.29 is 9.18 Å². The molecule has 25 heavy (non-hydrogen) atoms. The van der Waals surface area contributed by atoms with Gasteiger partial charge in [0.15, 0.2) is 5.13 Å². The number of hydrogen-bond acceptors (Lipinski definition) is 4. The number of aromatic amines is 1. The summed E-state index contributed by atoms with van der Waals surface area (Å²) in [6.07, 6.45) is 1.90. The van der Waals surface area contributed by atoms with E-state index in [2.05, 4.69) is 15.3 Å². The van der Waals surface area contributed by atoms with E-state index in [9.17, 15) is 9.18 Å². The third kappa shape index (κ3) is 3.33. The van der Waals surface area contributed by atoms with Gasteiger partial charge in [0.2, 0.25) is 5.91 Å². The number of halogens is 1. The van der Waals surface area contributed by atoms with Crippen LogP contribution in [0.5, 0.6) is 0 Å². The molecule has 4 rings (SSSR count). The number of benzene rings is 1. The number of hydrogen-bond donors (Lipinski definition) is 2. The topological polar surface area (TPSA) is 57.8 Å². The molecule has 3 heterocycles. The molecule has 0 aliphatic rings. The van der Waals surface area contributed by atoms with Crippen molar-refractivity contribution >= 4 is 44.6 Å². The highest BCUT2D eigenvalue weighted by atomic mass is 32.1. The Morgan fingerprint density at radius 3 is 3.00 bits per heavy atom. The highest BCUT2D eigenvalue weighted by molar-refractivity contribution is 7.17. The highest BCUT2D eigenvalue weighted by Gasteiger charge is 2.12. The number of aromatic nitrogens is 2. The van der Waals surface area contributed by atoms with Crippen LogP contribution in [0, 0.1) is 12.7 Å². The number of fused-ring (bicyclic) bond motifs is 1. The number of nitrogens with zero attached hydrogens (tertiary/aromatic N) is 1. The Hall–Kier alpha value is -2.51. The van der Waals surface area contributed by atoms with E-state index in [0.29, 0.717) is 5.13 Å². The minimum atomic E-state index is -0.315. The lowest BCUT2D eigenvalue weighted by Crippen LogP contribution is -2.14. The van der Waals surface area contributed by atoms with Crippen LogP contribution in [0.4, 0.5) is 9.52 Å². The second-order valence-electron chi connectivity index (χ2n) is 5.68. The van der Waals surface area contributed by atoms with Gasteiger partial charge < -0.3 is 10.3 Å². The van der Waals surface area contributed by atoms with Crippen molar-refractivity contribution in [1.82, 2.24) is 9.97 Å². The standard InChI is InChI=1S/C18H14FN3OS2/c1-10-2-5-16(25-10)15-9-24-18(21-15)22-17(23)6-11-8-20-14-4-3-12(19)7-13(11)14/h2-5,7-9,20H,6H2,1H3,(H,21,22,23). The van der Waals surface area contributed by atoms with Crippen molar-refractivity contribution in [3.8, 4) is 10.6 Å². The molecule has 0 saturated carbocycles. The van der Waals surface area contributed by atoms with E-state index in [0.717, 1.165) is 27.0 Å². The number of thiazole rings is 1. The first-order chi connectivity index (χ1) is 12.1. The third-order valence-electron chi connectivity index (χ3n) is 3.82. The summed E-state index contributed by atoms with van der Waals surface area (Å²) in [4.78, 5) is 22.1. The normalized spacial score (nSPS) is 11.1.